The van der Waals surface area contributed by atoms with E-state index in [1.165, 1.54) is 0 Å². The molecule has 0 saturated heterocycles. The Morgan fingerprint density at radius 2 is 1.55 bits per heavy atom. The zero-order chi connectivity index (χ0) is 7.98. The average molecular weight is 164 g/mol. The van der Waals surface area contributed by atoms with Gasteiger partial charge in [0.1, 0.15) is 0 Å². The average Bonchev–Trinajstić information content (AvgIpc) is 1.87. The van der Waals surface area contributed by atoms with E-state index in [0.29, 0.717) is 13.2 Å². The summed E-state index contributed by atoms with van der Waals surface area (Å²) in [5.74, 6) is 0. The molecule has 5 N–H and O–H groups in total. The summed E-state index contributed by atoms with van der Waals surface area (Å²) >= 11 is 0. The maximum Gasteiger partial charge on any atom is 0.172 e. The largest absolute Gasteiger partial charge is 0.351 e. The predicted octanol–water partition coefficient (Wildman–Crippen LogP) is 0.895. The molecule has 0 aromatic heterocycles. The zero-order valence-corrected chi connectivity index (χ0v) is 7.67. The fraction of sp³-hybridized carbons (Fsp3) is 1.00. The Bertz CT molecular complexity index is 72.8. The zero-order valence-electron chi connectivity index (χ0n) is 7.67. The highest BCUT2D eigenvalue weighted by molar-refractivity contribution is 4.57. The Balaban J connectivity index is 0. The lowest BCUT2D eigenvalue weighted by Gasteiger charge is -2.19. The third-order valence-corrected chi connectivity index (χ3v) is 1.09. The van der Waals surface area contributed by atoms with E-state index in [2.05, 4.69) is 0 Å². The van der Waals surface area contributed by atoms with Crippen LogP contribution in [0.1, 0.15) is 20.8 Å². The van der Waals surface area contributed by atoms with Crippen LogP contribution in [0.25, 0.3) is 0 Å². The van der Waals surface area contributed by atoms with Gasteiger partial charge in [-0.1, -0.05) is 0 Å². The van der Waals surface area contributed by atoms with Crippen molar-refractivity contribution in [1.82, 2.24) is 6.15 Å². The SMILES string of the molecule is CCOC(OCC)C(C)N.N. The van der Waals surface area contributed by atoms with Crippen LogP contribution in [0.4, 0.5) is 0 Å². The van der Waals surface area contributed by atoms with E-state index in [0.717, 1.165) is 0 Å². The van der Waals surface area contributed by atoms with Gasteiger partial charge in [0.2, 0.25) is 0 Å². The van der Waals surface area contributed by atoms with Crippen molar-refractivity contribution < 1.29 is 9.47 Å². The van der Waals surface area contributed by atoms with Gasteiger partial charge in [-0.25, -0.2) is 0 Å². The molecule has 4 nitrogen and oxygen atoms in total. The van der Waals surface area contributed by atoms with Gasteiger partial charge >= 0.3 is 0 Å². The first-order valence-electron chi connectivity index (χ1n) is 3.71. The van der Waals surface area contributed by atoms with Crippen LogP contribution < -0.4 is 11.9 Å². The quantitative estimate of drug-likeness (QED) is 0.591. The van der Waals surface area contributed by atoms with Gasteiger partial charge < -0.3 is 21.4 Å². The summed E-state index contributed by atoms with van der Waals surface area (Å²) in [6.45, 7) is 7.01. The summed E-state index contributed by atoms with van der Waals surface area (Å²) in [6.07, 6.45) is -0.241. The van der Waals surface area contributed by atoms with Crippen LogP contribution in [0.2, 0.25) is 0 Å². The van der Waals surface area contributed by atoms with Crippen LogP contribution in [0.5, 0.6) is 0 Å². The molecule has 0 aromatic rings. The second kappa shape index (κ2) is 7.94. The molecule has 4 heteroatoms. The van der Waals surface area contributed by atoms with Crippen molar-refractivity contribution in [1.29, 1.82) is 0 Å². The maximum atomic E-state index is 5.56. The van der Waals surface area contributed by atoms with Crippen LogP contribution in [0.15, 0.2) is 0 Å². The van der Waals surface area contributed by atoms with Crippen molar-refractivity contribution in [3.8, 4) is 0 Å². The third-order valence-electron chi connectivity index (χ3n) is 1.09. The van der Waals surface area contributed by atoms with Crippen molar-refractivity contribution in [2.24, 2.45) is 5.73 Å². The lowest BCUT2D eigenvalue weighted by atomic mass is 10.3. The topological polar surface area (TPSA) is 79.5 Å². The minimum Gasteiger partial charge on any atom is -0.351 e. The summed E-state index contributed by atoms with van der Waals surface area (Å²) in [4.78, 5) is 0. The Morgan fingerprint density at radius 1 is 1.18 bits per heavy atom. The molecule has 0 aromatic carbocycles. The number of hydrogen-bond donors (Lipinski definition) is 2. The van der Waals surface area contributed by atoms with Crippen molar-refractivity contribution >= 4 is 0 Å². The summed E-state index contributed by atoms with van der Waals surface area (Å²) < 4.78 is 10.4. The van der Waals surface area contributed by atoms with Gasteiger partial charge in [-0.2, -0.15) is 0 Å². The van der Waals surface area contributed by atoms with Crippen LogP contribution in [-0.2, 0) is 9.47 Å². The smallest absolute Gasteiger partial charge is 0.172 e. The van der Waals surface area contributed by atoms with Gasteiger partial charge in [-0.15, -0.1) is 0 Å². The highest BCUT2D eigenvalue weighted by atomic mass is 16.7. The van der Waals surface area contributed by atoms with E-state index < -0.39 is 0 Å². The molecular formula is C7H20N2O2. The highest BCUT2D eigenvalue weighted by Crippen LogP contribution is 1.98. The van der Waals surface area contributed by atoms with E-state index in [4.69, 9.17) is 15.2 Å². The minimum absolute atomic E-state index is 0. The first-order chi connectivity index (χ1) is 4.72. The summed E-state index contributed by atoms with van der Waals surface area (Å²) in [6, 6.07) is -0.0556. The normalized spacial score (nSPS) is 12.8. The Kier molecular flexibility index (Phi) is 9.70. The molecule has 11 heavy (non-hydrogen) atoms. The van der Waals surface area contributed by atoms with Gasteiger partial charge in [-0.05, 0) is 20.8 Å². The molecular weight excluding hydrogens is 144 g/mol. The summed E-state index contributed by atoms with van der Waals surface area (Å²) in [5.41, 5.74) is 5.56. The fourth-order valence-corrected chi connectivity index (χ4v) is 0.680. The fourth-order valence-electron chi connectivity index (χ4n) is 0.680. The van der Waals surface area contributed by atoms with Crippen molar-refractivity contribution in [2.45, 2.75) is 33.1 Å². The molecule has 70 valence electrons. The van der Waals surface area contributed by atoms with Gasteiger partial charge in [0, 0.05) is 13.2 Å². The lowest BCUT2D eigenvalue weighted by molar-refractivity contribution is -0.145. The molecule has 0 heterocycles. The molecule has 0 fully saturated rings. The second-order valence-corrected chi connectivity index (χ2v) is 2.14. The maximum absolute atomic E-state index is 5.56. The minimum atomic E-state index is -0.241. The van der Waals surface area contributed by atoms with Crippen LogP contribution >= 0.6 is 0 Å². The van der Waals surface area contributed by atoms with E-state index in [-0.39, 0.29) is 18.5 Å². The standard InChI is InChI=1S/C7H17NO2.H3N/c1-4-9-7(6(3)8)10-5-2;/h6-7H,4-5,8H2,1-3H3;1H3. The molecule has 0 aliphatic carbocycles. The summed E-state index contributed by atoms with van der Waals surface area (Å²) in [5, 5.41) is 0. The van der Waals surface area contributed by atoms with E-state index >= 15 is 0 Å². The molecule has 1 atom stereocenters. The lowest BCUT2D eigenvalue weighted by Crippen LogP contribution is -2.36. The Morgan fingerprint density at radius 3 is 1.73 bits per heavy atom. The molecule has 0 amide bonds. The number of hydrogen-bond acceptors (Lipinski definition) is 4. The van der Waals surface area contributed by atoms with Gasteiger partial charge in [0.05, 0.1) is 6.04 Å². The molecule has 0 bridgehead atoms. The highest BCUT2D eigenvalue weighted by Gasteiger charge is 2.11. The second-order valence-electron chi connectivity index (χ2n) is 2.14. The van der Waals surface area contributed by atoms with Crippen molar-refractivity contribution in [3.05, 3.63) is 0 Å². The van der Waals surface area contributed by atoms with Crippen LogP contribution in [0, 0.1) is 0 Å². The molecule has 0 radical (unpaired) electrons. The molecule has 0 aliphatic heterocycles. The number of ether oxygens (including phenoxy) is 2. The summed E-state index contributed by atoms with van der Waals surface area (Å²) in [7, 11) is 0. The van der Waals surface area contributed by atoms with Crippen LogP contribution in [0.3, 0.4) is 0 Å². The number of rotatable bonds is 5. The Labute approximate surface area is 68.6 Å². The molecule has 1 unspecified atom stereocenters. The first kappa shape index (κ1) is 13.4. The van der Waals surface area contributed by atoms with Gasteiger partial charge in [0.25, 0.3) is 0 Å². The third kappa shape index (κ3) is 6.25. The van der Waals surface area contributed by atoms with Crippen LogP contribution in [-0.4, -0.2) is 25.5 Å². The van der Waals surface area contributed by atoms with Gasteiger partial charge in [0.15, 0.2) is 6.29 Å². The van der Waals surface area contributed by atoms with Gasteiger partial charge in [-0.3, -0.25) is 0 Å². The first-order valence-corrected chi connectivity index (χ1v) is 3.71. The van der Waals surface area contributed by atoms with Crippen molar-refractivity contribution in [3.63, 3.8) is 0 Å². The molecule has 0 aliphatic rings. The molecule has 0 spiro atoms. The monoisotopic (exact) mass is 164 g/mol. The number of nitrogens with two attached hydrogens (primary N) is 1. The Hall–Kier alpha value is -0.160. The van der Waals surface area contributed by atoms with Crippen molar-refractivity contribution in [2.75, 3.05) is 13.2 Å². The predicted molar refractivity (Wildman–Crippen MR) is 45.7 cm³/mol. The van der Waals surface area contributed by atoms with E-state index in [1.807, 2.05) is 20.8 Å². The molecule has 0 rings (SSSR count). The van der Waals surface area contributed by atoms with E-state index in [1.54, 1.807) is 0 Å². The molecule has 0 saturated carbocycles. The van der Waals surface area contributed by atoms with E-state index in [9.17, 15) is 0 Å².